The van der Waals surface area contributed by atoms with Crippen LogP contribution in [0, 0.1) is 24.1 Å². The lowest BCUT2D eigenvalue weighted by atomic mass is 9.52. The van der Waals surface area contributed by atoms with E-state index < -0.39 is 5.82 Å². The van der Waals surface area contributed by atoms with Crippen molar-refractivity contribution in [3.05, 3.63) is 64.4 Å². The highest BCUT2D eigenvalue weighted by molar-refractivity contribution is 6.30. The summed E-state index contributed by atoms with van der Waals surface area (Å²) in [4.78, 5) is 25.8. The van der Waals surface area contributed by atoms with E-state index in [1.807, 2.05) is 31.2 Å². The first-order valence-electron chi connectivity index (χ1n) is 11.4. The molecule has 0 radical (unpaired) electrons. The Bertz CT molecular complexity index is 1030. The molecule has 3 aliphatic carbocycles. The Morgan fingerprint density at radius 2 is 1.82 bits per heavy atom. The second-order valence-corrected chi connectivity index (χ2v) is 10.0. The van der Waals surface area contributed by atoms with Gasteiger partial charge in [0.1, 0.15) is 11.6 Å². The molecule has 1 unspecified atom stereocenters. The molecule has 176 valence electrons. The van der Waals surface area contributed by atoms with E-state index in [1.165, 1.54) is 23.8 Å². The van der Waals surface area contributed by atoms with E-state index in [2.05, 4.69) is 17.6 Å². The first kappa shape index (κ1) is 23.6. The fourth-order valence-corrected chi connectivity index (χ4v) is 5.51. The number of ether oxygens (including phenoxy) is 1. The number of hydrogen-bond acceptors (Lipinski definition) is 3. The van der Waals surface area contributed by atoms with Crippen molar-refractivity contribution in [1.29, 1.82) is 0 Å². The van der Waals surface area contributed by atoms with Crippen molar-refractivity contribution in [3.63, 3.8) is 0 Å². The van der Waals surface area contributed by atoms with Crippen molar-refractivity contribution in [2.45, 2.75) is 58.0 Å². The smallest absolute Gasteiger partial charge is 0.258 e. The number of amides is 2. The van der Waals surface area contributed by atoms with Crippen LogP contribution in [0.3, 0.4) is 0 Å². The highest BCUT2D eigenvalue weighted by Crippen LogP contribution is 2.55. The predicted octanol–water partition coefficient (Wildman–Crippen LogP) is 4.94. The van der Waals surface area contributed by atoms with Gasteiger partial charge in [-0.15, -0.1) is 0 Å². The number of fused-ring (bicyclic) bond motifs is 3. The van der Waals surface area contributed by atoms with E-state index in [1.54, 1.807) is 0 Å². The SMILES string of the molecule is Cc1ccc(CNC(=O)C23CCC(NC(=O)COc4ccc(Cl)c(F)c4)(CC2)CC3C)cc1. The molecule has 0 aliphatic heterocycles. The van der Waals surface area contributed by atoms with Gasteiger partial charge in [0.15, 0.2) is 6.61 Å². The number of nitrogens with one attached hydrogen (secondary N) is 2. The summed E-state index contributed by atoms with van der Waals surface area (Å²) in [6, 6.07) is 12.3. The number of benzene rings is 2. The van der Waals surface area contributed by atoms with E-state index in [-0.39, 0.29) is 46.1 Å². The van der Waals surface area contributed by atoms with Crippen LogP contribution in [-0.2, 0) is 16.1 Å². The van der Waals surface area contributed by atoms with Gasteiger partial charge in [-0.2, -0.15) is 0 Å². The molecule has 0 spiro atoms. The van der Waals surface area contributed by atoms with Crippen LogP contribution in [0.1, 0.15) is 50.2 Å². The summed E-state index contributed by atoms with van der Waals surface area (Å²) < 4.78 is 19.0. The zero-order chi connectivity index (χ0) is 23.6. The van der Waals surface area contributed by atoms with Gasteiger partial charge in [-0.05, 0) is 62.6 Å². The first-order valence-corrected chi connectivity index (χ1v) is 11.8. The zero-order valence-corrected chi connectivity index (χ0v) is 19.8. The van der Waals surface area contributed by atoms with Crippen molar-refractivity contribution in [3.8, 4) is 5.75 Å². The van der Waals surface area contributed by atoms with Gasteiger partial charge in [0.05, 0.1) is 10.4 Å². The summed E-state index contributed by atoms with van der Waals surface area (Å²) in [5.74, 6) is -0.295. The van der Waals surface area contributed by atoms with Crippen molar-refractivity contribution >= 4 is 23.4 Å². The molecule has 5 nitrogen and oxygen atoms in total. The molecule has 2 amide bonds. The molecule has 2 aromatic carbocycles. The van der Waals surface area contributed by atoms with Crippen LogP contribution in [0.2, 0.25) is 5.02 Å². The van der Waals surface area contributed by atoms with Crippen LogP contribution in [0.5, 0.6) is 5.75 Å². The highest BCUT2D eigenvalue weighted by Gasteiger charge is 2.56. The van der Waals surface area contributed by atoms with Crippen LogP contribution < -0.4 is 15.4 Å². The Hall–Kier alpha value is -2.60. The predicted molar refractivity (Wildman–Crippen MR) is 125 cm³/mol. The average molecular weight is 473 g/mol. The summed E-state index contributed by atoms with van der Waals surface area (Å²) in [5.41, 5.74) is 1.59. The molecule has 2 bridgehead atoms. The Kier molecular flexibility index (Phi) is 6.66. The fourth-order valence-electron chi connectivity index (χ4n) is 5.39. The largest absolute Gasteiger partial charge is 0.484 e. The van der Waals surface area contributed by atoms with Crippen molar-refractivity contribution < 1.29 is 18.7 Å². The molecule has 3 fully saturated rings. The molecule has 0 saturated heterocycles. The maximum atomic E-state index is 13.6. The molecule has 33 heavy (non-hydrogen) atoms. The maximum absolute atomic E-state index is 13.6. The molecule has 5 rings (SSSR count). The molecule has 0 heterocycles. The quantitative estimate of drug-likeness (QED) is 0.600. The number of aryl methyl sites for hydroxylation is 1. The van der Waals surface area contributed by atoms with Crippen molar-refractivity contribution in [2.24, 2.45) is 11.3 Å². The van der Waals surface area contributed by atoms with E-state index in [4.69, 9.17) is 16.3 Å². The van der Waals surface area contributed by atoms with Crippen LogP contribution in [0.4, 0.5) is 4.39 Å². The normalized spacial score (nSPS) is 26.0. The van der Waals surface area contributed by atoms with Gasteiger partial charge in [0.2, 0.25) is 5.91 Å². The van der Waals surface area contributed by atoms with E-state index in [0.717, 1.165) is 37.7 Å². The van der Waals surface area contributed by atoms with Crippen LogP contribution in [0.25, 0.3) is 0 Å². The van der Waals surface area contributed by atoms with Crippen molar-refractivity contribution in [1.82, 2.24) is 10.6 Å². The zero-order valence-electron chi connectivity index (χ0n) is 19.0. The summed E-state index contributed by atoms with van der Waals surface area (Å²) in [7, 11) is 0. The lowest BCUT2D eigenvalue weighted by Crippen LogP contribution is -2.63. The summed E-state index contributed by atoms with van der Waals surface area (Å²) in [5, 5.41) is 6.31. The van der Waals surface area contributed by atoms with Gasteiger partial charge in [-0.25, -0.2) is 4.39 Å². The molecular formula is C26H30ClFN2O3. The Balaban J connectivity index is 1.31. The fraction of sp³-hybridized carbons (Fsp3) is 0.462. The summed E-state index contributed by atoms with van der Waals surface area (Å²) in [6.45, 7) is 4.48. The molecular weight excluding hydrogens is 443 g/mol. The number of carbonyl (C=O) groups is 2. The first-order chi connectivity index (χ1) is 15.7. The van der Waals surface area contributed by atoms with Crippen LogP contribution in [-0.4, -0.2) is 24.0 Å². The second-order valence-electron chi connectivity index (χ2n) is 9.62. The van der Waals surface area contributed by atoms with E-state index >= 15 is 0 Å². The lowest BCUT2D eigenvalue weighted by Gasteiger charge is -2.56. The maximum Gasteiger partial charge on any atom is 0.258 e. The van der Waals surface area contributed by atoms with Gasteiger partial charge in [0.25, 0.3) is 5.91 Å². The third kappa shape index (κ3) is 5.01. The molecule has 0 aromatic heterocycles. The van der Waals surface area contributed by atoms with Gasteiger partial charge in [-0.1, -0.05) is 48.4 Å². The third-order valence-corrected chi connectivity index (χ3v) is 7.74. The summed E-state index contributed by atoms with van der Waals surface area (Å²) in [6.07, 6.45) is 3.77. The minimum Gasteiger partial charge on any atom is -0.484 e. The lowest BCUT2D eigenvalue weighted by molar-refractivity contribution is -0.146. The minimum atomic E-state index is -0.585. The molecule has 7 heteroatoms. The van der Waals surface area contributed by atoms with Gasteiger partial charge < -0.3 is 15.4 Å². The highest BCUT2D eigenvalue weighted by atomic mass is 35.5. The molecule has 3 aliphatic rings. The molecule has 1 atom stereocenters. The number of rotatable bonds is 7. The van der Waals surface area contributed by atoms with Gasteiger partial charge in [0, 0.05) is 18.2 Å². The standard InChI is InChI=1S/C26H30ClFN2O3/c1-17-3-5-19(6-4-17)15-29-24(32)26-11-9-25(10-12-26,14-18(26)2)30-23(31)16-33-20-7-8-21(27)22(28)13-20/h3-8,13,18H,9-12,14-16H2,1-2H3,(H,29,32)(H,30,31). The van der Waals surface area contributed by atoms with Crippen LogP contribution >= 0.6 is 11.6 Å². The second kappa shape index (κ2) is 9.34. The average Bonchev–Trinajstić information content (AvgIpc) is 2.80. The topological polar surface area (TPSA) is 67.4 Å². The number of hydrogen-bond donors (Lipinski definition) is 2. The molecule has 3 saturated carbocycles. The van der Waals surface area contributed by atoms with E-state index in [0.29, 0.717) is 6.54 Å². The monoisotopic (exact) mass is 472 g/mol. The van der Waals surface area contributed by atoms with Gasteiger partial charge in [-0.3, -0.25) is 9.59 Å². The summed E-state index contributed by atoms with van der Waals surface area (Å²) >= 11 is 5.68. The van der Waals surface area contributed by atoms with Crippen molar-refractivity contribution in [2.75, 3.05) is 6.61 Å². The Labute approximate surface area is 199 Å². The minimum absolute atomic E-state index is 0.00970. The Morgan fingerprint density at radius 1 is 1.12 bits per heavy atom. The van der Waals surface area contributed by atoms with E-state index in [9.17, 15) is 14.0 Å². The van der Waals surface area contributed by atoms with Gasteiger partial charge >= 0.3 is 0 Å². The van der Waals surface area contributed by atoms with Crippen LogP contribution in [0.15, 0.2) is 42.5 Å². The molecule has 2 N–H and O–H groups in total. The molecule has 2 aromatic rings. The number of carbonyl (C=O) groups excluding carboxylic acids is 2. The number of halogens is 2. The third-order valence-electron chi connectivity index (χ3n) is 7.43. The Morgan fingerprint density at radius 3 is 2.45 bits per heavy atom.